The van der Waals surface area contributed by atoms with Crippen molar-refractivity contribution in [3.8, 4) is 0 Å². The SMILES string of the molecule is CC(C)C(C)C1CN(C(=O)OC(C)(C)C)CC1O. The molecule has 1 heterocycles. The van der Waals surface area contributed by atoms with E-state index in [-0.39, 0.29) is 12.0 Å². The Balaban J connectivity index is 2.61. The summed E-state index contributed by atoms with van der Waals surface area (Å²) in [5.41, 5.74) is -0.482. The summed E-state index contributed by atoms with van der Waals surface area (Å²) >= 11 is 0. The molecule has 4 heteroatoms. The highest BCUT2D eigenvalue weighted by Gasteiger charge is 2.39. The zero-order chi connectivity index (χ0) is 14.1. The maximum absolute atomic E-state index is 11.9. The van der Waals surface area contributed by atoms with E-state index in [0.717, 1.165) is 0 Å². The Kier molecular flexibility index (Phi) is 4.65. The van der Waals surface area contributed by atoms with Crippen LogP contribution in [0.2, 0.25) is 0 Å². The van der Waals surface area contributed by atoms with E-state index in [0.29, 0.717) is 24.9 Å². The fourth-order valence-electron chi connectivity index (χ4n) is 2.30. The molecule has 3 atom stereocenters. The highest BCUT2D eigenvalue weighted by molar-refractivity contribution is 5.68. The summed E-state index contributed by atoms with van der Waals surface area (Å²) in [6.07, 6.45) is -0.755. The van der Waals surface area contributed by atoms with Crippen LogP contribution in [0.3, 0.4) is 0 Å². The lowest BCUT2D eigenvalue weighted by atomic mass is 9.83. The first-order chi connectivity index (χ1) is 8.11. The Labute approximate surface area is 110 Å². The van der Waals surface area contributed by atoms with Crippen molar-refractivity contribution in [1.82, 2.24) is 4.90 Å². The van der Waals surface area contributed by atoms with Gasteiger partial charge in [-0.15, -0.1) is 0 Å². The Morgan fingerprint density at radius 2 is 1.83 bits per heavy atom. The summed E-state index contributed by atoms with van der Waals surface area (Å²) in [4.78, 5) is 13.6. The molecule has 0 bridgehead atoms. The minimum atomic E-state index is -0.482. The van der Waals surface area contributed by atoms with Crippen molar-refractivity contribution < 1.29 is 14.6 Å². The molecule has 18 heavy (non-hydrogen) atoms. The van der Waals surface area contributed by atoms with Gasteiger partial charge in [-0.3, -0.25) is 0 Å². The Morgan fingerprint density at radius 3 is 2.28 bits per heavy atom. The third-order valence-electron chi connectivity index (χ3n) is 3.71. The van der Waals surface area contributed by atoms with Crippen molar-refractivity contribution in [2.24, 2.45) is 17.8 Å². The lowest BCUT2D eigenvalue weighted by Gasteiger charge is -2.26. The van der Waals surface area contributed by atoms with Gasteiger partial charge in [-0.25, -0.2) is 4.79 Å². The number of hydrogen-bond donors (Lipinski definition) is 1. The third-order valence-corrected chi connectivity index (χ3v) is 3.71. The molecule has 1 aliphatic heterocycles. The number of amides is 1. The zero-order valence-electron chi connectivity index (χ0n) is 12.4. The molecule has 0 saturated carbocycles. The summed E-state index contributed by atoms with van der Waals surface area (Å²) in [6.45, 7) is 13.0. The van der Waals surface area contributed by atoms with E-state index in [2.05, 4.69) is 20.8 Å². The van der Waals surface area contributed by atoms with Gasteiger partial charge < -0.3 is 14.7 Å². The van der Waals surface area contributed by atoms with Crippen LogP contribution in [0.25, 0.3) is 0 Å². The standard InChI is InChI=1S/C14H27NO3/c1-9(2)10(3)11-7-15(8-12(11)16)13(17)18-14(4,5)6/h9-12,16H,7-8H2,1-6H3. The van der Waals surface area contributed by atoms with Crippen LogP contribution in [0, 0.1) is 17.8 Å². The maximum Gasteiger partial charge on any atom is 0.410 e. The number of hydrogen-bond acceptors (Lipinski definition) is 3. The van der Waals surface area contributed by atoms with E-state index in [4.69, 9.17) is 4.74 Å². The van der Waals surface area contributed by atoms with Gasteiger partial charge in [0.25, 0.3) is 0 Å². The van der Waals surface area contributed by atoms with Gasteiger partial charge in [-0.2, -0.15) is 0 Å². The smallest absolute Gasteiger partial charge is 0.410 e. The molecule has 4 nitrogen and oxygen atoms in total. The summed E-state index contributed by atoms with van der Waals surface area (Å²) in [5.74, 6) is 1.05. The first kappa shape index (κ1) is 15.3. The van der Waals surface area contributed by atoms with E-state index in [1.165, 1.54) is 0 Å². The number of β-amino-alcohol motifs (C(OH)–C–C–N with tert-alkyl or cyclic N) is 1. The zero-order valence-corrected chi connectivity index (χ0v) is 12.4. The van der Waals surface area contributed by atoms with Crippen molar-refractivity contribution in [1.29, 1.82) is 0 Å². The highest BCUT2D eigenvalue weighted by atomic mass is 16.6. The summed E-state index contributed by atoms with van der Waals surface area (Å²) in [6, 6.07) is 0. The van der Waals surface area contributed by atoms with E-state index < -0.39 is 11.7 Å². The van der Waals surface area contributed by atoms with Crippen LogP contribution < -0.4 is 0 Å². The molecule has 1 rings (SSSR count). The van der Waals surface area contributed by atoms with E-state index >= 15 is 0 Å². The van der Waals surface area contributed by atoms with Crippen molar-refractivity contribution >= 4 is 6.09 Å². The van der Waals surface area contributed by atoms with Gasteiger partial charge in [0.15, 0.2) is 0 Å². The highest BCUT2D eigenvalue weighted by Crippen LogP contribution is 2.30. The van der Waals surface area contributed by atoms with Gasteiger partial charge >= 0.3 is 6.09 Å². The first-order valence-corrected chi connectivity index (χ1v) is 6.78. The molecule has 0 radical (unpaired) electrons. The predicted octanol–water partition coefficient (Wildman–Crippen LogP) is 2.51. The van der Waals surface area contributed by atoms with E-state index in [1.54, 1.807) is 4.90 Å². The molecule has 106 valence electrons. The molecule has 3 unspecified atom stereocenters. The Bertz CT molecular complexity index is 296. The van der Waals surface area contributed by atoms with Crippen molar-refractivity contribution in [2.75, 3.05) is 13.1 Å². The van der Waals surface area contributed by atoms with Crippen LogP contribution >= 0.6 is 0 Å². The molecule has 1 N–H and O–H groups in total. The second-order valence-corrected chi connectivity index (χ2v) is 6.72. The normalized spacial score (nSPS) is 26.6. The maximum atomic E-state index is 11.9. The lowest BCUT2D eigenvalue weighted by Crippen LogP contribution is -2.36. The molecular formula is C14H27NO3. The largest absolute Gasteiger partial charge is 0.444 e. The molecule has 1 amide bonds. The van der Waals surface area contributed by atoms with Crippen molar-refractivity contribution in [3.05, 3.63) is 0 Å². The monoisotopic (exact) mass is 257 g/mol. The molecule has 0 spiro atoms. The van der Waals surface area contributed by atoms with Crippen LogP contribution in [-0.2, 0) is 4.74 Å². The number of aliphatic hydroxyl groups excluding tert-OH is 1. The molecule has 1 fully saturated rings. The Morgan fingerprint density at radius 1 is 1.28 bits per heavy atom. The number of aliphatic hydroxyl groups is 1. The summed E-state index contributed by atoms with van der Waals surface area (Å²) in [5, 5.41) is 10.1. The number of carbonyl (C=O) groups excluding carboxylic acids is 1. The van der Waals surface area contributed by atoms with Crippen LogP contribution in [0.15, 0.2) is 0 Å². The number of likely N-dealkylation sites (tertiary alicyclic amines) is 1. The predicted molar refractivity (Wildman–Crippen MR) is 71.3 cm³/mol. The van der Waals surface area contributed by atoms with Crippen LogP contribution in [0.5, 0.6) is 0 Å². The molecule has 0 aromatic carbocycles. The second kappa shape index (κ2) is 5.47. The summed E-state index contributed by atoms with van der Waals surface area (Å²) < 4.78 is 5.33. The van der Waals surface area contributed by atoms with Gasteiger partial charge in [-0.05, 0) is 32.6 Å². The van der Waals surface area contributed by atoms with E-state index in [9.17, 15) is 9.90 Å². The van der Waals surface area contributed by atoms with Crippen molar-refractivity contribution in [3.63, 3.8) is 0 Å². The van der Waals surface area contributed by atoms with Gasteiger partial charge in [0, 0.05) is 12.5 Å². The minimum absolute atomic E-state index is 0.150. The molecular weight excluding hydrogens is 230 g/mol. The van der Waals surface area contributed by atoms with Gasteiger partial charge in [0.05, 0.1) is 12.6 Å². The number of carbonyl (C=O) groups is 1. The average molecular weight is 257 g/mol. The van der Waals surface area contributed by atoms with Crippen molar-refractivity contribution in [2.45, 2.75) is 53.2 Å². The average Bonchev–Trinajstić information content (AvgIpc) is 2.56. The summed E-state index contributed by atoms with van der Waals surface area (Å²) in [7, 11) is 0. The molecule has 0 aromatic heterocycles. The lowest BCUT2D eigenvalue weighted by molar-refractivity contribution is 0.0269. The molecule has 0 aliphatic carbocycles. The third kappa shape index (κ3) is 3.87. The topological polar surface area (TPSA) is 49.8 Å². The van der Waals surface area contributed by atoms with E-state index in [1.807, 2.05) is 20.8 Å². The quantitative estimate of drug-likeness (QED) is 0.827. The fraction of sp³-hybridized carbons (Fsp3) is 0.929. The second-order valence-electron chi connectivity index (χ2n) is 6.72. The number of ether oxygens (including phenoxy) is 1. The molecule has 0 aromatic rings. The van der Waals surface area contributed by atoms with Gasteiger partial charge in [-0.1, -0.05) is 20.8 Å². The fourth-order valence-corrected chi connectivity index (χ4v) is 2.30. The van der Waals surface area contributed by atoms with Crippen LogP contribution in [-0.4, -0.2) is 40.9 Å². The molecule has 1 saturated heterocycles. The Hall–Kier alpha value is -0.770. The van der Waals surface area contributed by atoms with Gasteiger partial charge in [0.1, 0.15) is 5.60 Å². The van der Waals surface area contributed by atoms with Crippen LogP contribution in [0.1, 0.15) is 41.5 Å². The van der Waals surface area contributed by atoms with Gasteiger partial charge in [0.2, 0.25) is 0 Å². The first-order valence-electron chi connectivity index (χ1n) is 6.78. The molecule has 1 aliphatic rings. The number of nitrogens with zero attached hydrogens (tertiary/aromatic N) is 1. The number of rotatable bonds is 2. The van der Waals surface area contributed by atoms with Crippen LogP contribution in [0.4, 0.5) is 4.79 Å². The minimum Gasteiger partial charge on any atom is -0.444 e.